The van der Waals surface area contributed by atoms with Crippen LogP contribution >= 0.6 is 0 Å². The Bertz CT molecular complexity index is 7220. The summed E-state index contributed by atoms with van der Waals surface area (Å²) in [4.78, 5) is 4.78. The highest BCUT2D eigenvalue weighted by molar-refractivity contribution is 5.93. The van der Waals surface area contributed by atoms with Gasteiger partial charge in [0, 0.05) is 34.1 Å². The molecule has 2 nitrogen and oxygen atoms in total. The molecule has 21 aromatic carbocycles. The smallest absolute Gasteiger partial charge is 0.0462 e. The lowest BCUT2D eigenvalue weighted by molar-refractivity contribution is 1.28. The fraction of sp³-hybridized carbons (Fsp3) is 0.0870. The van der Waals surface area contributed by atoms with Crippen molar-refractivity contribution in [3.05, 3.63) is 540 Å². The number of aryl methyl sites for hydroxylation is 9. The summed E-state index contributed by atoms with van der Waals surface area (Å²) in [5.74, 6) is 0. The van der Waals surface area contributed by atoms with E-state index in [-0.39, 0.29) is 0 Å². The van der Waals surface area contributed by atoms with Crippen LogP contribution < -0.4 is 9.80 Å². The first-order valence-corrected chi connectivity index (χ1v) is 48.9. The van der Waals surface area contributed by atoms with Crippen LogP contribution in [0.25, 0.3) is 167 Å². The Morgan fingerprint density at radius 2 is 0.250 bits per heavy atom. The predicted octanol–water partition coefficient (Wildman–Crippen LogP) is 39.0. The summed E-state index contributed by atoms with van der Waals surface area (Å²) in [5, 5.41) is 0. The first kappa shape index (κ1) is 91.0. The molecule has 676 valence electrons. The maximum atomic E-state index is 2.39. The monoisotopic (exact) mass is 1800 g/mol. The minimum atomic E-state index is 1.08. The third kappa shape index (κ3) is 19.7. The number of hydrogen-bond acceptors (Lipinski definition) is 2. The van der Waals surface area contributed by atoms with Gasteiger partial charge in [-0.2, -0.15) is 0 Å². The molecule has 0 N–H and O–H groups in total. The van der Waals surface area contributed by atoms with Crippen LogP contribution in [0.15, 0.2) is 473 Å². The van der Waals surface area contributed by atoms with Crippen LogP contribution in [-0.4, -0.2) is 0 Å². The van der Waals surface area contributed by atoms with E-state index in [1.165, 1.54) is 234 Å². The zero-order valence-corrected chi connectivity index (χ0v) is 81.9. The molecule has 0 aliphatic carbocycles. The predicted molar refractivity (Wildman–Crippen MR) is 601 cm³/mol. The Morgan fingerprint density at radius 3 is 0.436 bits per heavy atom. The van der Waals surface area contributed by atoms with Crippen molar-refractivity contribution >= 4 is 34.1 Å². The minimum Gasteiger partial charge on any atom is -0.311 e. The van der Waals surface area contributed by atoms with Crippen molar-refractivity contribution < 1.29 is 0 Å². The molecule has 0 aliphatic rings. The summed E-state index contributed by atoms with van der Waals surface area (Å²) in [5.41, 5.74) is 58.4. The first-order chi connectivity index (χ1) is 68.3. The molecule has 0 amide bonds. The van der Waals surface area contributed by atoms with Crippen molar-refractivity contribution in [1.82, 2.24) is 0 Å². The molecule has 0 fully saturated rings. The van der Waals surface area contributed by atoms with Gasteiger partial charge in [-0.05, 0) is 411 Å². The van der Waals surface area contributed by atoms with Gasteiger partial charge in [-0.25, -0.2) is 0 Å². The van der Waals surface area contributed by atoms with Crippen molar-refractivity contribution in [3.8, 4) is 167 Å². The Labute approximate surface area is 827 Å². The van der Waals surface area contributed by atoms with Gasteiger partial charge in [-0.1, -0.05) is 379 Å². The normalized spacial score (nSPS) is 11.1. The molecule has 0 bridgehead atoms. The standard InChI is InChI=1S/C75H57N.C63H57N/c1-52-70(58-28-16-7-17-29-58)46-64(55-22-10-4-11-23-55)49-73(52)61-34-40-67(41-35-61)76(68-42-36-62(37-43-68)74-50-65(56-24-12-5-13-25-56)47-71(53(74)2)59-30-18-8-19-31-59)69-44-38-63(39-45-69)75-51-66(57-26-14-6-15-27-57)48-72(54(75)3)60-32-20-9-21-33-60;1-40-28-41(2)32-55(31-40)52-13-10-46(7)61(37-52)49-16-22-58(23-17-49)64(59-24-18-50(19-25-59)62-38-53(14-11-47(62)8)56-33-42(3)29-43(4)34-56)60-26-20-51(21-27-60)63-39-54(15-12-48(63)9)57-35-44(5)30-45(6)36-57/h4-51H,1-3H3;10-39H,1-9H3. The molecule has 0 atom stereocenters. The molecule has 140 heavy (non-hydrogen) atoms. The summed E-state index contributed by atoms with van der Waals surface area (Å²) < 4.78 is 0. The van der Waals surface area contributed by atoms with Gasteiger partial charge in [0.15, 0.2) is 0 Å². The van der Waals surface area contributed by atoms with E-state index in [4.69, 9.17) is 0 Å². The lowest BCUT2D eigenvalue weighted by Gasteiger charge is -2.27. The SMILES string of the molecule is Cc1c(-c2ccccc2)cc(-c2ccccc2)cc1-c1ccc(N(c2ccc(-c3cc(-c4ccccc4)cc(-c4ccccc4)c3C)cc2)c2ccc(-c3cc(-c4ccccc4)cc(-c4ccccc4)c3C)cc2)cc1.Cc1cc(C)cc(-c2ccc(C)c(-c3ccc(N(c4ccc(-c5cc(-c6cc(C)cc(C)c6)ccc5C)cc4)c4ccc(-c5cc(-c6cc(C)cc(C)c6)ccc5C)cc4)cc3)c2)c1. The van der Waals surface area contributed by atoms with E-state index < -0.39 is 0 Å². The Hall–Kier alpha value is -16.8. The number of rotatable bonds is 21. The van der Waals surface area contributed by atoms with Gasteiger partial charge in [0.25, 0.3) is 0 Å². The summed E-state index contributed by atoms with van der Waals surface area (Å²) in [6, 6.07) is 174. The van der Waals surface area contributed by atoms with Gasteiger partial charge in [-0.15, -0.1) is 0 Å². The highest BCUT2D eigenvalue weighted by Gasteiger charge is 2.23. The third-order valence-corrected chi connectivity index (χ3v) is 27.8. The van der Waals surface area contributed by atoms with Crippen molar-refractivity contribution in [2.24, 2.45) is 0 Å². The minimum absolute atomic E-state index is 1.08. The van der Waals surface area contributed by atoms with Gasteiger partial charge >= 0.3 is 0 Å². The fourth-order valence-corrected chi connectivity index (χ4v) is 20.6. The van der Waals surface area contributed by atoms with E-state index in [0.717, 1.165) is 34.1 Å². The molecule has 0 aliphatic heterocycles. The number of benzene rings is 21. The van der Waals surface area contributed by atoms with Crippen LogP contribution in [0.4, 0.5) is 34.1 Å². The van der Waals surface area contributed by atoms with Crippen LogP contribution in [0.1, 0.15) is 66.8 Å². The highest BCUT2D eigenvalue weighted by Crippen LogP contribution is 2.48. The average Bonchev–Trinajstić information content (AvgIpc) is 0.784. The second kappa shape index (κ2) is 40.3. The highest BCUT2D eigenvalue weighted by atomic mass is 15.1. The molecular formula is C138H114N2. The van der Waals surface area contributed by atoms with Gasteiger partial charge < -0.3 is 9.80 Å². The van der Waals surface area contributed by atoms with Gasteiger partial charge in [0.05, 0.1) is 0 Å². The molecule has 0 aromatic heterocycles. The molecule has 0 heterocycles. The largest absolute Gasteiger partial charge is 0.311 e. The Balaban J connectivity index is 0.000000175. The molecular weight excluding hydrogens is 1690 g/mol. The maximum Gasteiger partial charge on any atom is 0.0462 e. The van der Waals surface area contributed by atoms with E-state index in [9.17, 15) is 0 Å². The van der Waals surface area contributed by atoms with Crippen molar-refractivity contribution in [2.45, 2.75) is 83.1 Å². The maximum absolute atomic E-state index is 2.39. The molecule has 0 saturated heterocycles. The lowest BCUT2D eigenvalue weighted by Crippen LogP contribution is -2.10. The van der Waals surface area contributed by atoms with E-state index >= 15 is 0 Å². The first-order valence-electron chi connectivity index (χ1n) is 48.9. The molecule has 0 saturated carbocycles. The van der Waals surface area contributed by atoms with Crippen molar-refractivity contribution in [1.29, 1.82) is 0 Å². The van der Waals surface area contributed by atoms with Gasteiger partial charge in [0.1, 0.15) is 0 Å². The second-order valence-electron chi connectivity index (χ2n) is 38.0. The van der Waals surface area contributed by atoms with E-state index in [2.05, 4.69) is 566 Å². The molecule has 0 spiro atoms. The summed E-state index contributed by atoms with van der Waals surface area (Å²) in [7, 11) is 0. The summed E-state index contributed by atoms with van der Waals surface area (Å²) >= 11 is 0. The number of nitrogens with zero attached hydrogens (tertiary/aromatic N) is 2. The van der Waals surface area contributed by atoms with Crippen LogP contribution in [0.5, 0.6) is 0 Å². The van der Waals surface area contributed by atoms with Crippen LogP contribution in [0.2, 0.25) is 0 Å². The number of hydrogen-bond donors (Lipinski definition) is 0. The van der Waals surface area contributed by atoms with Gasteiger partial charge in [-0.3, -0.25) is 0 Å². The topological polar surface area (TPSA) is 6.48 Å². The average molecular weight is 1800 g/mol. The van der Waals surface area contributed by atoms with Crippen LogP contribution in [0.3, 0.4) is 0 Å². The Kier molecular flexibility index (Phi) is 26.2. The van der Waals surface area contributed by atoms with Crippen LogP contribution in [0, 0.1) is 83.1 Å². The van der Waals surface area contributed by atoms with Crippen molar-refractivity contribution in [3.63, 3.8) is 0 Å². The summed E-state index contributed by atoms with van der Waals surface area (Å²) in [6.07, 6.45) is 0. The molecule has 0 radical (unpaired) electrons. The third-order valence-electron chi connectivity index (χ3n) is 27.8. The van der Waals surface area contributed by atoms with E-state index in [1.807, 2.05) is 0 Å². The van der Waals surface area contributed by atoms with Gasteiger partial charge in [0.2, 0.25) is 0 Å². The molecule has 2 heteroatoms. The molecule has 0 unspecified atom stereocenters. The zero-order chi connectivity index (χ0) is 96.0. The van der Waals surface area contributed by atoms with Crippen LogP contribution in [-0.2, 0) is 0 Å². The van der Waals surface area contributed by atoms with Crippen molar-refractivity contribution in [2.75, 3.05) is 9.80 Å². The second-order valence-corrected chi connectivity index (χ2v) is 38.0. The quantitative estimate of drug-likeness (QED) is 0.0707. The zero-order valence-electron chi connectivity index (χ0n) is 81.9. The number of anilines is 6. The van der Waals surface area contributed by atoms with E-state index in [0.29, 0.717) is 0 Å². The summed E-state index contributed by atoms with van der Waals surface area (Å²) in [6.45, 7) is 26.5. The van der Waals surface area contributed by atoms with E-state index in [1.54, 1.807) is 0 Å². The lowest BCUT2D eigenvalue weighted by atomic mass is 9.88. The Morgan fingerprint density at radius 1 is 0.107 bits per heavy atom. The fourth-order valence-electron chi connectivity index (χ4n) is 20.6. The molecule has 21 rings (SSSR count). The molecule has 21 aromatic rings.